The number of aromatic nitrogens is 1. The zero-order valence-corrected chi connectivity index (χ0v) is 17.8. The van der Waals surface area contributed by atoms with Gasteiger partial charge in [0.05, 0.1) is 12.7 Å². The zero-order valence-electron chi connectivity index (χ0n) is 17.0. The van der Waals surface area contributed by atoms with Crippen LogP contribution in [0.15, 0.2) is 53.6 Å². The molecule has 1 aliphatic heterocycles. The molecule has 3 aromatic rings. The number of pyridine rings is 1. The van der Waals surface area contributed by atoms with Crippen molar-refractivity contribution >= 4 is 11.8 Å². The molecule has 1 aromatic heterocycles. The van der Waals surface area contributed by atoms with Gasteiger partial charge in [0.1, 0.15) is 22.7 Å². The highest BCUT2D eigenvalue weighted by Gasteiger charge is 2.26. The number of methoxy groups -OCH3 is 1. The van der Waals surface area contributed by atoms with E-state index in [1.807, 2.05) is 24.3 Å². The minimum absolute atomic E-state index is 0.254. The third-order valence-corrected chi connectivity index (χ3v) is 6.33. The highest BCUT2D eigenvalue weighted by Crippen LogP contribution is 2.41. The van der Waals surface area contributed by atoms with Crippen molar-refractivity contribution in [2.24, 2.45) is 0 Å². The maximum Gasteiger partial charge on any atom is 0.126 e. The van der Waals surface area contributed by atoms with Gasteiger partial charge in [0, 0.05) is 42.1 Å². The van der Waals surface area contributed by atoms with E-state index in [0.717, 1.165) is 53.2 Å². The van der Waals surface area contributed by atoms with Gasteiger partial charge in [0.15, 0.2) is 0 Å². The molecule has 2 aromatic carbocycles. The van der Waals surface area contributed by atoms with Gasteiger partial charge >= 0.3 is 0 Å². The van der Waals surface area contributed by atoms with Crippen LogP contribution in [0.4, 0.5) is 4.39 Å². The van der Waals surface area contributed by atoms with Crippen LogP contribution in [0.2, 0.25) is 0 Å². The molecular weight excluding hydrogens is 397 g/mol. The van der Waals surface area contributed by atoms with Gasteiger partial charge in [0.25, 0.3) is 0 Å². The second kappa shape index (κ2) is 8.86. The van der Waals surface area contributed by atoms with Crippen molar-refractivity contribution in [1.29, 1.82) is 5.26 Å². The van der Waals surface area contributed by atoms with E-state index in [9.17, 15) is 9.65 Å². The van der Waals surface area contributed by atoms with E-state index < -0.39 is 0 Å². The topological polar surface area (TPSA) is 49.1 Å². The molecule has 0 amide bonds. The number of nitriles is 1. The molecule has 4 rings (SSSR count). The van der Waals surface area contributed by atoms with Gasteiger partial charge in [-0.2, -0.15) is 5.26 Å². The smallest absolute Gasteiger partial charge is 0.126 e. The predicted molar refractivity (Wildman–Crippen MR) is 117 cm³/mol. The van der Waals surface area contributed by atoms with Gasteiger partial charge in [-0.3, -0.25) is 0 Å². The van der Waals surface area contributed by atoms with Crippen molar-refractivity contribution in [3.05, 3.63) is 76.7 Å². The van der Waals surface area contributed by atoms with E-state index >= 15 is 0 Å². The Morgan fingerprint density at radius 3 is 2.70 bits per heavy atom. The van der Waals surface area contributed by atoms with Crippen LogP contribution in [0.25, 0.3) is 11.1 Å². The van der Waals surface area contributed by atoms with E-state index in [-0.39, 0.29) is 5.82 Å². The number of likely N-dealkylation sites (N-methyl/N-ethyl adjacent to an activating group) is 1. The molecule has 0 unspecified atom stereocenters. The van der Waals surface area contributed by atoms with Crippen molar-refractivity contribution in [2.45, 2.75) is 23.7 Å². The lowest BCUT2D eigenvalue weighted by Crippen LogP contribution is -2.28. The summed E-state index contributed by atoms with van der Waals surface area (Å²) in [4.78, 5) is 7.14. The molecule has 0 saturated heterocycles. The Labute approximate surface area is 180 Å². The molecule has 152 valence electrons. The molecule has 2 heterocycles. The number of halogens is 1. The standard InChI is InChI=1S/C24H22FN3OS/c1-28-12-11-21-20(14-28)23(18-5-3-4-6-22(18)29-2)19(13-26)24(27-21)30-15-16-7-9-17(25)10-8-16/h3-10H,11-12,14-15H2,1-2H3. The molecular formula is C24H22FN3OS. The summed E-state index contributed by atoms with van der Waals surface area (Å²) < 4.78 is 18.8. The van der Waals surface area contributed by atoms with Gasteiger partial charge in [0.2, 0.25) is 0 Å². The number of thioether (sulfide) groups is 1. The Kier molecular flexibility index (Phi) is 6.03. The SMILES string of the molecule is COc1ccccc1-c1c(C#N)c(SCc2ccc(F)cc2)nc2c1CN(C)CC2. The number of hydrogen-bond donors (Lipinski definition) is 0. The fourth-order valence-electron chi connectivity index (χ4n) is 3.76. The highest BCUT2D eigenvalue weighted by molar-refractivity contribution is 7.98. The van der Waals surface area contributed by atoms with E-state index in [1.165, 1.54) is 23.9 Å². The molecule has 0 saturated carbocycles. The molecule has 0 atom stereocenters. The number of benzene rings is 2. The van der Waals surface area contributed by atoms with Gasteiger partial charge in [-0.25, -0.2) is 9.37 Å². The van der Waals surface area contributed by atoms with E-state index in [1.54, 1.807) is 19.2 Å². The van der Waals surface area contributed by atoms with Gasteiger partial charge in [-0.1, -0.05) is 30.3 Å². The molecule has 1 aliphatic rings. The Bertz CT molecular complexity index is 1110. The molecule has 30 heavy (non-hydrogen) atoms. The molecule has 0 N–H and O–H groups in total. The summed E-state index contributed by atoms with van der Waals surface area (Å²) in [6, 6.07) is 16.7. The summed E-state index contributed by atoms with van der Waals surface area (Å²) in [5, 5.41) is 10.8. The largest absolute Gasteiger partial charge is 0.496 e. The van der Waals surface area contributed by atoms with Crippen LogP contribution >= 0.6 is 11.8 Å². The summed E-state index contributed by atoms with van der Waals surface area (Å²) in [6.07, 6.45) is 0.837. The number of rotatable bonds is 5. The molecule has 0 fully saturated rings. The fourth-order valence-corrected chi connectivity index (χ4v) is 4.72. The lowest BCUT2D eigenvalue weighted by molar-refractivity contribution is 0.309. The number of fused-ring (bicyclic) bond motifs is 1. The second-order valence-electron chi connectivity index (χ2n) is 7.31. The first-order valence-electron chi connectivity index (χ1n) is 9.75. The lowest BCUT2D eigenvalue weighted by Gasteiger charge is -2.28. The third-order valence-electron chi connectivity index (χ3n) is 5.29. The van der Waals surface area contributed by atoms with E-state index in [4.69, 9.17) is 9.72 Å². The summed E-state index contributed by atoms with van der Waals surface area (Å²) in [7, 11) is 3.73. The van der Waals surface area contributed by atoms with E-state index in [2.05, 4.69) is 18.0 Å². The van der Waals surface area contributed by atoms with Crippen molar-refractivity contribution in [1.82, 2.24) is 9.88 Å². The Morgan fingerprint density at radius 2 is 1.97 bits per heavy atom. The molecule has 0 bridgehead atoms. The quantitative estimate of drug-likeness (QED) is 0.542. The first-order valence-corrected chi connectivity index (χ1v) is 10.7. The minimum Gasteiger partial charge on any atom is -0.496 e. The highest BCUT2D eigenvalue weighted by atomic mass is 32.2. The van der Waals surface area contributed by atoms with Crippen LogP contribution in [-0.2, 0) is 18.7 Å². The summed E-state index contributed by atoms with van der Waals surface area (Å²) in [5.41, 5.74) is 5.51. The molecule has 4 nitrogen and oxygen atoms in total. The van der Waals surface area contributed by atoms with E-state index in [0.29, 0.717) is 16.3 Å². The van der Waals surface area contributed by atoms with Crippen LogP contribution in [0.3, 0.4) is 0 Å². The average Bonchev–Trinajstić information content (AvgIpc) is 2.77. The Hall–Kier alpha value is -2.88. The number of ether oxygens (including phenoxy) is 1. The number of hydrogen-bond acceptors (Lipinski definition) is 5. The lowest BCUT2D eigenvalue weighted by atomic mass is 9.91. The van der Waals surface area contributed by atoms with Crippen LogP contribution in [0.1, 0.15) is 22.4 Å². The Morgan fingerprint density at radius 1 is 1.20 bits per heavy atom. The maximum atomic E-state index is 13.2. The zero-order chi connectivity index (χ0) is 21.1. The average molecular weight is 420 g/mol. The minimum atomic E-state index is -0.254. The summed E-state index contributed by atoms with van der Waals surface area (Å²) >= 11 is 1.52. The third kappa shape index (κ3) is 4.04. The van der Waals surface area contributed by atoms with Crippen LogP contribution in [-0.4, -0.2) is 30.6 Å². The predicted octanol–water partition coefficient (Wildman–Crippen LogP) is 5.05. The van der Waals surface area contributed by atoms with Gasteiger partial charge in [-0.15, -0.1) is 11.8 Å². The Balaban J connectivity index is 1.83. The van der Waals surface area contributed by atoms with Crippen molar-refractivity contribution in [2.75, 3.05) is 20.7 Å². The molecule has 6 heteroatoms. The number of para-hydroxylation sites is 1. The first-order chi connectivity index (χ1) is 14.6. The van der Waals surface area contributed by atoms with Gasteiger partial charge in [-0.05, 0) is 36.4 Å². The normalized spacial score (nSPS) is 13.5. The van der Waals surface area contributed by atoms with Crippen LogP contribution < -0.4 is 4.74 Å². The van der Waals surface area contributed by atoms with Gasteiger partial charge < -0.3 is 9.64 Å². The second-order valence-corrected chi connectivity index (χ2v) is 8.27. The molecule has 0 spiro atoms. The number of nitrogens with zero attached hydrogens (tertiary/aromatic N) is 3. The monoisotopic (exact) mass is 419 g/mol. The molecule has 0 radical (unpaired) electrons. The van der Waals surface area contributed by atoms with Crippen molar-refractivity contribution in [3.63, 3.8) is 0 Å². The van der Waals surface area contributed by atoms with Crippen molar-refractivity contribution < 1.29 is 9.13 Å². The first kappa shape index (κ1) is 20.4. The maximum absolute atomic E-state index is 13.2. The van der Waals surface area contributed by atoms with Crippen molar-refractivity contribution in [3.8, 4) is 22.9 Å². The molecule has 0 aliphatic carbocycles. The van der Waals surface area contributed by atoms with Crippen LogP contribution in [0.5, 0.6) is 5.75 Å². The fraction of sp³-hybridized carbons (Fsp3) is 0.250. The van der Waals surface area contributed by atoms with Crippen LogP contribution in [0, 0.1) is 17.1 Å². The summed E-state index contributed by atoms with van der Waals surface area (Å²) in [5.74, 6) is 1.10. The summed E-state index contributed by atoms with van der Waals surface area (Å²) in [6.45, 7) is 1.67.